The molecule has 2 aromatic rings. The Morgan fingerprint density at radius 1 is 1.00 bits per heavy atom. The molecule has 1 aliphatic heterocycles. The van der Waals surface area contributed by atoms with E-state index in [4.69, 9.17) is 10.5 Å². The Morgan fingerprint density at radius 2 is 1.60 bits per heavy atom. The highest BCUT2D eigenvalue weighted by Gasteiger charge is 2.43. The van der Waals surface area contributed by atoms with Crippen molar-refractivity contribution in [3.05, 3.63) is 88.0 Å². The van der Waals surface area contributed by atoms with Gasteiger partial charge in [-0.1, -0.05) is 36.4 Å². The summed E-state index contributed by atoms with van der Waals surface area (Å²) in [6.07, 6.45) is 0. The molecule has 0 radical (unpaired) electrons. The molecule has 150 valence electrons. The van der Waals surface area contributed by atoms with E-state index in [1.165, 1.54) is 0 Å². The fraction of sp³-hybridized carbons (Fsp3) is 0.208. The molecule has 2 aromatic carbocycles. The number of benzene rings is 2. The molecule has 1 aliphatic carbocycles. The normalized spacial score (nSPS) is 17.8. The molecular formula is C24H21N3O3. The van der Waals surface area contributed by atoms with Crippen LogP contribution in [0.5, 0.6) is 0 Å². The van der Waals surface area contributed by atoms with Crippen LogP contribution in [0.25, 0.3) is 0 Å². The SMILES string of the molecule is CCN(CC)c1ccc(C2C(C#N)=C(N)OC3=C2C(=O)c2ccccc2C3=O)cc1. The lowest BCUT2D eigenvalue weighted by Crippen LogP contribution is -2.32. The third-order valence-electron chi connectivity index (χ3n) is 5.64. The molecule has 0 fully saturated rings. The van der Waals surface area contributed by atoms with E-state index in [-0.39, 0.29) is 34.1 Å². The number of carbonyl (C=O) groups is 2. The number of ketones is 2. The van der Waals surface area contributed by atoms with Gasteiger partial charge in [-0.3, -0.25) is 9.59 Å². The van der Waals surface area contributed by atoms with Crippen LogP contribution in [0.1, 0.15) is 46.0 Å². The largest absolute Gasteiger partial charge is 0.436 e. The van der Waals surface area contributed by atoms with Gasteiger partial charge in [0.15, 0.2) is 11.5 Å². The van der Waals surface area contributed by atoms with Crippen LogP contribution in [0.3, 0.4) is 0 Å². The predicted molar refractivity (Wildman–Crippen MR) is 113 cm³/mol. The summed E-state index contributed by atoms with van der Waals surface area (Å²) in [5, 5.41) is 9.75. The van der Waals surface area contributed by atoms with E-state index < -0.39 is 11.7 Å². The summed E-state index contributed by atoms with van der Waals surface area (Å²) in [7, 11) is 0. The monoisotopic (exact) mass is 399 g/mol. The van der Waals surface area contributed by atoms with Crippen LogP contribution in [0.4, 0.5) is 5.69 Å². The number of nitrogens with zero attached hydrogens (tertiary/aromatic N) is 2. The van der Waals surface area contributed by atoms with Crippen LogP contribution in [0.15, 0.2) is 71.3 Å². The standard InChI is InChI=1S/C24H21N3O3/c1-3-27(4-2)15-11-9-14(10-12-15)19-18(13-25)24(26)30-23-20(19)21(28)16-7-5-6-8-17(16)22(23)29/h5-12,19H,3-4,26H2,1-2H3. The first kappa shape index (κ1) is 19.5. The zero-order chi connectivity index (χ0) is 21.4. The first-order valence-electron chi connectivity index (χ1n) is 9.86. The van der Waals surface area contributed by atoms with Crippen molar-refractivity contribution in [2.24, 2.45) is 5.73 Å². The van der Waals surface area contributed by atoms with Crippen molar-refractivity contribution in [1.82, 2.24) is 0 Å². The summed E-state index contributed by atoms with van der Waals surface area (Å²) in [4.78, 5) is 28.6. The molecule has 6 nitrogen and oxygen atoms in total. The van der Waals surface area contributed by atoms with Crippen molar-refractivity contribution in [1.29, 1.82) is 5.26 Å². The van der Waals surface area contributed by atoms with E-state index in [2.05, 4.69) is 24.8 Å². The maximum Gasteiger partial charge on any atom is 0.229 e. The lowest BCUT2D eigenvalue weighted by atomic mass is 9.75. The van der Waals surface area contributed by atoms with Gasteiger partial charge in [-0.15, -0.1) is 0 Å². The number of nitriles is 1. The van der Waals surface area contributed by atoms with Crippen LogP contribution < -0.4 is 10.6 Å². The highest BCUT2D eigenvalue weighted by Crippen LogP contribution is 2.44. The van der Waals surface area contributed by atoms with Crippen molar-refractivity contribution in [3.63, 3.8) is 0 Å². The number of carbonyl (C=O) groups excluding carboxylic acids is 2. The molecule has 1 atom stereocenters. The second kappa shape index (κ2) is 7.53. The number of rotatable bonds is 4. The first-order chi connectivity index (χ1) is 14.5. The van der Waals surface area contributed by atoms with Gasteiger partial charge in [-0.05, 0) is 31.5 Å². The number of nitrogens with two attached hydrogens (primary N) is 1. The number of allylic oxidation sites excluding steroid dienone is 3. The molecule has 1 heterocycles. The topological polar surface area (TPSA) is 96.4 Å². The highest BCUT2D eigenvalue weighted by molar-refractivity contribution is 6.27. The van der Waals surface area contributed by atoms with Gasteiger partial charge in [0.05, 0.1) is 11.5 Å². The molecule has 0 bridgehead atoms. The van der Waals surface area contributed by atoms with Crippen LogP contribution in [-0.4, -0.2) is 24.7 Å². The molecule has 1 unspecified atom stereocenters. The van der Waals surface area contributed by atoms with Crippen molar-refractivity contribution >= 4 is 17.3 Å². The van der Waals surface area contributed by atoms with Gasteiger partial charge in [-0.25, -0.2) is 0 Å². The van der Waals surface area contributed by atoms with Gasteiger partial charge >= 0.3 is 0 Å². The van der Waals surface area contributed by atoms with E-state index in [1.54, 1.807) is 24.3 Å². The predicted octanol–water partition coefficient (Wildman–Crippen LogP) is 3.67. The molecule has 2 aliphatic rings. The number of Topliss-reactive ketones (excluding diaryl/α,β-unsaturated/α-hetero) is 2. The third kappa shape index (κ3) is 2.87. The lowest BCUT2D eigenvalue weighted by molar-refractivity contribution is 0.0897. The second-order valence-corrected chi connectivity index (χ2v) is 7.14. The van der Waals surface area contributed by atoms with Crippen molar-refractivity contribution < 1.29 is 14.3 Å². The maximum atomic E-state index is 13.3. The molecule has 0 aromatic heterocycles. The quantitative estimate of drug-likeness (QED) is 0.843. The molecule has 30 heavy (non-hydrogen) atoms. The molecular weight excluding hydrogens is 378 g/mol. The molecule has 6 heteroatoms. The van der Waals surface area contributed by atoms with Crippen LogP contribution in [0.2, 0.25) is 0 Å². The van der Waals surface area contributed by atoms with Gasteiger partial charge in [0.1, 0.15) is 11.6 Å². The highest BCUT2D eigenvalue weighted by atomic mass is 16.5. The van der Waals surface area contributed by atoms with E-state index in [0.717, 1.165) is 18.8 Å². The van der Waals surface area contributed by atoms with E-state index >= 15 is 0 Å². The summed E-state index contributed by atoms with van der Waals surface area (Å²) < 4.78 is 5.52. The minimum Gasteiger partial charge on any atom is -0.436 e. The summed E-state index contributed by atoms with van der Waals surface area (Å²) in [6, 6.07) is 16.3. The maximum absolute atomic E-state index is 13.3. The summed E-state index contributed by atoms with van der Waals surface area (Å²) in [5.74, 6) is -1.71. The van der Waals surface area contributed by atoms with Gasteiger partial charge in [-0.2, -0.15) is 5.26 Å². The number of fused-ring (bicyclic) bond motifs is 1. The fourth-order valence-electron chi connectivity index (χ4n) is 4.11. The van der Waals surface area contributed by atoms with Crippen molar-refractivity contribution in [2.45, 2.75) is 19.8 Å². The van der Waals surface area contributed by atoms with Crippen LogP contribution in [-0.2, 0) is 4.74 Å². The average molecular weight is 399 g/mol. The summed E-state index contributed by atoms with van der Waals surface area (Å²) in [6.45, 7) is 5.88. The minimum absolute atomic E-state index is 0.0898. The Kier molecular flexibility index (Phi) is 4.88. The molecule has 0 saturated heterocycles. The number of hydrogen-bond donors (Lipinski definition) is 1. The fourth-order valence-corrected chi connectivity index (χ4v) is 4.11. The van der Waals surface area contributed by atoms with Gasteiger partial charge in [0.2, 0.25) is 11.7 Å². The Balaban J connectivity index is 1.87. The molecule has 0 spiro atoms. The molecule has 0 saturated carbocycles. The van der Waals surface area contributed by atoms with Crippen molar-refractivity contribution in [2.75, 3.05) is 18.0 Å². The van der Waals surface area contributed by atoms with Gasteiger partial charge in [0.25, 0.3) is 0 Å². The van der Waals surface area contributed by atoms with Gasteiger partial charge in [0, 0.05) is 29.9 Å². The Hall–Kier alpha value is -3.85. The van der Waals surface area contributed by atoms with E-state index in [9.17, 15) is 14.9 Å². The van der Waals surface area contributed by atoms with E-state index in [0.29, 0.717) is 11.1 Å². The number of anilines is 1. The van der Waals surface area contributed by atoms with Crippen molar-refractivity contribution in [3.8, 4) is 6.07 Å². The zero-order valence-corrected chi connectivity index (χ0v) is 16.8. The Morgan fingerprint density at radius 3 is 2.17 bits per heavy atom. The molecule has 2 N–H and O–H groups in total. The van der Waals surface area contributed by atoms with Crippen LogP contribution >= 0.6 is 0 Å². The number of ether oxygens (including phenoxy) is 1. The lowest BCUT2D eigenvalue weighted by Gasteiger charge is -2.31. The smallest absolute Gasteiger partial charge is 0.229 e. The minimum atomic E-state index is -0.755. The Bertz CT molecular complexity index is 1150. The third-order valence-corrected chi connectivity index (χ3v) is 5.64. The van der Waals surface area contributed by atoms with Gasteiger partial charge < -0.3 is 15.4 Å². The Labute approximate surface area is 174 Å². The molecule has 4 rings (SSSR count). The molecule has 0 amide bonds. The summed E-state index contributed by atoms with van der Waals surface area (Å²) >= 11 is 0. The first-order valence-corrected chi connectivity index (χ1v) is 9.86. The zero-order valence-electron chi connectivity index (χ0n) is 16.8. The van der Waals surface area contributed by atoms with Crippen LogP contribution in [0, 0.1) is 11.3 Å². The number of hydrogen-bond acceptors (Lipinski definition) is 6. The van der Waals surface area contributed by atoms with E-state index in [1.807, 2.05) is 24.3 Å². The summed E-state index contributed by atoms with van der Waals surface area (Å²) in [5.41, 5.74) is 8.64. The average Bonchev–Trinajstić information content (AvgIpc) is 2.78. The second-order valence-electron chi connectivity index (χ2n) is 7.14.